The van der Waals surface area contributed by atoms with Gasteiger partial charge in [-0.25, -0.2) is 15.0 Å². The van der Waals surface area contributed by atoms with E-state index in [0.29, 0.717) is 22.6 Å². The predicted molar refractivity (Wildman–Crippen MR) is 145 cm³/mol. The second-order valence-electron chi connectivity index (χ2n) is 9.36. The van der Waals surface area contributed by atoms with Crippen molar-refractivity contribution in [3.8, 4) is 11.3 Å². The van der Waals surface area contributed by atoms with Gasteiger partial charge in [0.1, 0.15) is 11.2 Å². The number of nitrogens with one attached hydrogen (secondary N) is 2. The zero-order chi connectivity index (χ0) is 25.9. The Hall–Kier alpha value is -4.09. The zero-order valence-electron chi connectivity index (χ0n) is 21.4. The van der Waals surface area contributed by atoms with E-state index in [2.05, 4.69) is 59.5 Å². The molecule has 0 unspecified atom stereocenters. The van der Waals surface area contributed by atoms with Gasteiger partial charge in [0.25, 0.3) is 5.91 Å². The molecular formula is C26H32N10O. The van der Waals surface area contributed by atoms with Crippen molar-refractivity contribution in [2.75, 3.05) is 57.5 Å². The summed E-state index contributed by atoms with van der Waals surface area (Å²) in [6.45, 7) is 5.50. The number of nitrogens with two attached hydrogens (primary N) is 1. The fourth-order valence-corrected chi connectivity index (χ4v) is 4.52. The maximum Gasteiger partial charge on any atom is 0.271 e. The summed E-state index contributed by atoms with van der Waals surface area (Å²) in [6.07, 6.45) is 6.10. The standard InChI is InChI=1S/C26H32N10O/c1-28-25-22(19-14-29-15-20-21(19)30-16-35(20)3)32-23(24(27)37)26(33-25)31-18-6-4-17(5-7-18)8-9-36-12-10-34(2)11-13-36/h4-7,14-16H,8-13H2,1-3H3,(H2,27,37)(H2,28,31,33). The minimum Gasteiger partial charge on any atom is -0.371 e. The first-order valence-electron chi connectivity index (χ1n) is 12.3. The normalized spacial score (nSPS) is 14.7. The molecule has 1 fully saturated rings. The number of rotatable bonds is 8. The van der Waals surface area contributed by atoms with Crippen LogP contribution in [0.5, 0.6) is 0 Å². The van der Waals surface area contributed by atoms with Crippen molar-refractivity contribution >= 4 is 34.3 Å². The van der Waals surface area contributed by atoms with E-state index in [1.807, 2.05) is 23.7 Å². The first kappa shape index (κ1) is 24.6. The molecule has 4 N–H and O–H groups in total. The van der Waals surface area contributed by atoms with Crippen LogP contribution in [0.1, 0.15) is 16.1 Å². The molecule has 1 aliphatic heterocycles. The van der Waals surface area contributed by atoms with E-state index in [0.717, 1.165) is 50.3 Å². The number of pyridine rings is 1. The lowest BCUT2D eigenvalue weighted by atomic mass is 10.1. The molecule has 0 bridgehead atoms. The Morgan fingerprint density at radius 3 is 2.49 bits per heavy atom. The number of carbonyl (C=O) groups excluding carboxylic acids is 1. The quantitative estimate of drug-likeness (QED) is 0.333. The average molecular weight is 501 g/mol. The molecule has 1 amide bonds. The highest BCUT2D eigenvalue weighted by Crippen LogP contribution is 2.32. The van der Waals surface area contributed by atoms with Crippen LogP contribution in [0.3, 0.4) is 0 Å². The van der Waals surface area contributed by atoms with E-state index >= 15 is 0 Å². The maximum atomic E-state index is 12.4. The number of piperazine rings is 1. The summed E-state index contributed by atoms with van der Waals surface area (Å²) in [4.78, 5) is 35.3. The molecule has 1 aromatic carbocycles. The predicted octanol–water partition coefficient (Wildman–Crippen LogP) is 2.10. The van der Waals surface area contributed by atoms with Gasteiger partial charge in [-0.3, -0.25) is 9.78 Å². The third-order valence-electron chi connectivity index (χ3n) is 6.79. The molecule has 3 aromatic heterocycles. The largest absolute Gasteiger partial charge is 0.371 e. The molecule has 0 radical (unpaired) electrons. The highest BCUT2D eigenvalue weighted by Gasteiger charge is 2.21. The number of fused-ring (bicyclic) bond motifs is 1. The number of likely N-dealkylation sites (N-methyl/N-ethyl adjacent to an activating group) is 1. The number of aromatic nitrogens is 5. The van der Waals surface area contributed by atoms with E-state index in [1.54, 1.807) is 25.8 Å². The van der Waals surface area contributed by atoms with E-state index in [9.17, 15) is 4.79 Å². The summed E-state index contributed by atoms with van der Waals surface area (Å²) in [5.41, 5.74) is 10.5. The summed E-state index contributed by atoms with van der Waals surface area (Å²) in [6, 6.07) is 8.15. The van der Waals surface area contributed by atoms with Crippen molar-refractivity contribution in [1.82, 2.24) is 34.3 Å². The first-order chi connectivity index (χ1) is 17.9. The van der Waals surface area contributed by atoms with Gasteiger partial charge in [0.2, 0.25) is 0 Å². The molecule has 1 saturated heterocycles. The van der Waals surface area contributed by atoms with Gasteiger partial charge in [-0.2, -0.15) is 0 Å². The molecule has 5 rings (SSSR count). The highest BCUT2D eigenvalue weighted by atomic mass is 16.1. The molecule has 11 nitrogen and oxygen atoms in total. The molecule has 0 atom stereocenters. The van der Waals surface area contributed by atoms with Crippen LogP contribution in [0.4, 0.5) is 17.3 Å². The second kappa shape index (κ2) is 10.5. The first-order valence-corrected chi connectivity index (χ1v) is 12.3. The maximum absolute atomic E-state index is 12.4. The SMILES string of the molecule is CNc1nc(Nc2ccc(CCN3CCN(C)CC3)cc2)c(C(N)=O)nc1-c1cncc2c1ncn2C. The Bertz CT molecular complexity index is 1410. The third kappa shape index (κ3) is 5.23. The Kier molecular flexibility index (Phi) is 6.97. The third-order valence-corrected chi connectivity index (χ3v) is 6.79. The molecule has 0 aliphatic carbocycles. The molecule has 1 aliphatic rings. The Morgan fingerprint density at radius 1 is 1.03 bits per heavy atom. The van der Waals surface area contributed by atoms with Crippen molar-refractivity contribution in [1.29, 1.82) is 0 Å². The molecule has 11 heteroatoms. The van der Waals surface area contributed by atoms with Crippen molar-refractivity contribution in [2.24, 2.45) is 12.8 Å². The van der Waals surface area contributed by atoms with Crippen LogP contribution in [-0.2, 0) is 13.5 Å². The van der Waals surface area contributed by atoms with Crippen LogP contribution >= 0.6 is 0 Å². The van der Waals surface area contributed by atoms with Gasteiger partial charge < -0.3 is 30.7 Å². The van der Waals surface area contributed by atoms with Gasteiger partial charge in [0, 0.05) is 58.7 Å². The van der Waals surface area contributed by atoms with Gasteiger partial charge in [-0.15, -0.1) is 0 Å². The number of primary amides is 1. The van der Waals surface area contributed by atoms with Crippen molar-refractivity contribution < 1.29 is 4.79 Å². The lowest BCUT2D eigenvalue weighted by Gasteiger charge is -2.32. The highest BCUT2D eigenvalue weighted by molar-refractivity contribution is 5.99. The fraction of sp³-hybridized carbons (Fsp3) is 0.346. The van der Waals surface area contributed by atoms with Crippen LogP contribution in [0.25, 0.3) is 22.3 Å². The van der Waals surface area contributed by atoms with Gasteiger partial charge in [0.15, 0.2) is 17.3 Å². The van der Waals surface area contributed by atoms with E-state index in [-0.39, 0.29) is 11.5 Å². The number of amides is 1. The lowest BCUT2D eigenvalue weighted by molar-refractivity contribution is 0.0996. The molecular weight excluding hydrogens is 468 g/mol. The molecule has 37 heavy (non-hydrogen) atoms. The van der Waals surface area contributed by atoms with E-state index in [1.165, 1.54) is 5.56 Å². The van der Waals surface area contributed by atoms with E-state index in [4.69, 9.17) is 5.73 Å². The summed E-state index contributed by atoms with van der Waals surface area (Å²) in [5, 5.41) is 6.30. The van der Waals surface area contributed by atoms with Crippen molar-refractivity contribution in [2.45, 2.75) is 6.42 Å². The van der Waals surface area contributed by atoms with E-state index < -0.39 is 5.91 Å². The second-order valence-corrected chi connectivity index (χ2v) is 9.36. The lowest BCUT2D eigenvalue weighted by Crippen LogP contribution is -2.45. The number of imidazole rings is 1. The van der Waals surface area contributed by atoms with Crippen molar-refractivity contribution in [3.63, 3.8) is 0 Å². The van der Waals surface area contributed by atoms with Crippen LogP contribution < -0.4 is 16.4 Å². The van der Waals surface area contributed by atoms with Crippen LogP contribution in [0.15, 0.2) is 43.0 Å². The molecule has 192 valence electrons. The number of carbonyl (C=O) groups is 1. The minimum atomic E-state index is -0.677. The number of hydrogen-bond acceptors (Lipinski definition) is 9. The molecule has 0 saturated carbocycles. The molecule has 0 spiro atoms. The monoisotopic (exact) mass is 500 g/mol. The van der Waals surface area contributed by atoms with Crippen molar-refractivity contribution in [3.05, 3.63) is 54.2 Å². The Labute approximate surface area is 215 Å². The summed E-state index contributed by atoms with van der Waals surface area (Å²) < 4.78 is 1.87. The zero-order valence-corrected chi connectivity index (χ0v) is 21.4. The topological polar surface area (TPSA) is 130 Å². The fourth-order valence-electron chi connectivity index (χ4n) is 4.52. The van der Waals surface area contributed by atoms with Gasteiger partial charge in [0.05, 0.1) is 23.6 Å². The van der Waals surface area contributed by atoms with Crippen LogP contribution in [0, 0.1) is 0 Å². The molecule has 4 heterocycles. The average Bonchev–Trinajstić information content (AvgIpc) is 3.29. The van der Waals surface area contributed by atoms with Gasteiger partial charge in [-0.1, -0.05) is 12.1 Å². The number of aryl methyl sites for hydroxylation is 1. The van der Waals surface area contributed by atoms with Crippen LogP contribution in [-0.4, -0.2) is 87.0 Å². The van der Waals surface area contributed by atoms with Gasteiger partial charge in [-0.05, 0) is 31.2 Å². The summed E-state index contributed by atoms with van der Waals surface area (Å²) in [7, 11) is 5.82. The Morgan fingerprint density at radius 2 is 1.78 bits per heavy atom. The number of hydrogen-bond donors (Lipinski definition) is 3. The number of nitrogens with zero attached hydrogens (tertiary/aromatic N) is 7. The number of benzene rings is 1. The smallest absolute Gasteiger partial charge is 0.271 e. The van der Waals surface area contributed by atoms with Gasteiger partial charge >= 0.3 is 0 Å². The molecule has 4 aromatic rings. The Balaban J connectivity index is 1.38. The summed E-state index contributed by atoms with van der Waals surface area (Å²) >= 11 is 0. The minimum absolute atomic E-state index is 0.0427. The number of anilines is 3. The summed E-state index contributed by atoms with van der Waals surface area (Å²) in [5.74, 6) is 0.0899. The van der Waals surface area contributed by atoms with Crippen LogP contribution in [0.2, 0.25) is 0 Å².